The van der Waals surface area contributed by atoms with Crippen molar-refractivity contribution in [2.45, 2.75) is 70.3 Å². The lowest BCUT2D eigenvalue weighted by Crippen LogP contribution is -2.45. The van der Waals surface area contributed by atoms with Gasteiger partial charge in [-0.05, 0) is 68.3 Å². The van der Waals surface area contributed by atoms with Gasteiger partial charge in [0.2, 0.25) is 0 Å². The fraction of sp³-hybridized carbons (Fsp3) is 0.448. The van der Waals surface area contributed by atoms with Gasteiger partial charge in [0.05, 0.1) is 24.4 Å². The van der Waals surface area contributed by atoms with Gasteiger partial charge < -0.3 is 4.74 Å². The maximum absolute atomic E-state index is 12.5. The normalized spacial score (nSPS) is 21.8. The van der Waals surface area contributed by atoms with E-state index in [-0.39, 0.29) is 36.2 Å². The third kappa shape index (κ3) is 6.39. The number of carbonyl (C=O) groups is 2. The molecule has 14 heteroatoms. The van der Waals surface area contributed by atoms with E-state index in [9.17, 15) is 28.0 Å². The average molecular weight is 635 g/mol. The quantitative estimate of drug-likeness (QED) is 0.230. The van der Waals surface area contributed by atoms with E-state index in [1.165, 1.54) is 0 Å². The Morgan fingerprint density at radius 1 is 1.28 bits per heavy atom. The van der Waals surface area contributed by atoms with E-state index >= 15 is 0 Å². The third-order valence-electron chi connectivity index (χ3n) is 8.11. The summed E-state index contributed by atoms with van der Waals surface area (Å²) in [6.45, 7) is 4.66. The van der Waals surface area contributed by atoms with Crippen LogP contribution in [-0.4, -0.2) is 61.4 Å². The molecule has 0 N–H and O–H groups in total. The molecule has 2 aliphatic rings. The molecule has 3 aromatic rings. The highest BCUT2D eigenvalue weighted by Crippen LogP contribution is 2.37. The van der Waals surface area contributed by atoms with Gasteiger partial charge in [0.1, 0.15) is 11.6 Å². The van der Waals surface area contributed by atoms with Crippen LogP contribution in [0.1, 0.15) is 68.9 Å². The molecule has 9 nitrogen and oxygen atoms in total. The number of allylic oxidation sites excluding steroid dienone is 1. The van der Waals surface area contributed by atoms with Crippen LogP contribution < -0.4 is 0 Å². The Morgan fingerprint density at radius 3 is 2.72 bits per heavy atom. The van der Waals surface area contributed by atoms with Crippen LogP contribution in [0.25, 0.3) is 16.7 Å². The minimum Gasteiger partial charge on any atom is -0.386 e. The Morgan fingerprint density at radius 2 is 2.05 bits per heavy atom. The number of carbonyl (C=O) groups excluding carboxylic acids is 2. The number of rotatable bonds is 6. The minimum atomic E-state index is -5.22. The molecule has 1 saturated heterocycles. The van der Waals surface area contributed by atoms with Gasteiger partial charge in [-0.25, -0.2) is 19.4 Å². The standard InChI is InChI=1S/C29H27Cl2F3N6O3/c1-15-10-17(5-8-24(15)39-9-3-4-19(39)12-25(41)43-28(42)29(32,33)34)23-14-36-26-22(13-35)38-40(27(26)37-23)16(2)20-7-6-18(30)11-21(20)31/h5-7,11,14-16,19,24H,3-4,8-10,12H2,1-2H3/t15?,16-,19+,24?/m1/s1. The predicted molar refractivity (Wildman–Crippen MR) is 152 cm³/mol. The first-order valence-corrected chi connectivity index (χ1v) is 14.5. The first-order chi connectivity index (χ1) is 20.4. The summed E-state index contributed by atoms with van der Waals surface area (Å²) >= 11 is 12.5. The zero-order valence-electron chi connectivity index (χ0n) is 23.2. The highest BCUT2D eigenvalue weighted by Gasteiger charge is 2.43. The summed E-state index contributed by atoms with van der Waals surface area (Å²) in [5.41, 5.74) is 3.33. The molecule has 2 unspecified atom stereocenters. The Labute approximate surface area is 255 Å². The SMILES string of the molecule is CC1CC(c2cnc3c(C#N)nn([C@H](C)c4ccc(Cl)cc4Cl)c3n2)=CCC1N1CCC[C@H]1CC(=O)OC(=O)C(F)(F)F. The first-order valence-electron chi connectivity index (χ1n) is 13.7. The zero-order chi connectivity index (χ0) is 31.1. The monoisotopic (exact) mass is 634 g/mol. The molecule has 0 radical (unpaired) electrons. The van der Waals surface area contributed by atoms with E-state index in [4.69, 9.17) is 28.2 Å². The molecule has 2 aromatic heterocycles. The topological polar surface area (TPSA) is 114 Å². The van der Waals surface area contributed by atoms with Gasteiger partial charge in [-0.15, -0.1) is 0 Å². The maximum Gasteiger partial charge on any atom is 0.491 e. The van der Waals surface area contributed by atoms with Crippen molar-refractivity contribution in [3.8, 4) is 6.07 Å². The van der Waals surface area contributed by atoms with Crippen LogP contribution in [0.3, 0.4) is 0 Å². The fourth-order valence-corrected chi connectivity index (χ4v) is 6.59. The number of halogens is 5. The number of fused-ring (bicyclic) bond motifs is 1. The van der Waals surface area contributed by atoms with E-state index < -0.39 is 18.1 Å². The lowest BCUT2D eigenvalue weighted by atomic mass is 9.83. The lowest BCUT2D eigenvalue weighted by molar-refractivity contribution is -0.202. The molecule has 5 rings (SSSR count). The number of esters is 2. The molecule has 3 heterocycles. The van der Waals surface area contributed by atoms with Crippen LogP contribution in [0.15, 0.2) is 30.5 Å². The van der Waals surface area contributed by atoms with Gasteiger partial charge in [0.25, 0.3) is 0 Å². The summed E-state index contributed by atoms with van der Waals surface area (Å²) in [5.74, 6) is -3.55. The number of nitriles is 1. The van der Waals surface area contributed by atoms with Crippen LogP contribution in [0.4, 0.5) is 13.2 Å². The van der Waals surface area contributed by atoms with Crippen LogP contribution in [0, 0.1) is 17.2 Å². The van der Waals surface area contributed by atoms with E-state index in [1.807, 2.05) is 6.92 Å². The van der Waals surface area contributed by atoms with Crippen LogP contribution >= 0.6 is 23.2 Å². The first kappa shape index (κ1) is 30.9. The number of alkyl halides is 3. The molecule has 0 spiro atoms. The van der Waals surface area contributed by atoms with Gasteiger partial charge in [0.15, 0.2) is 11.3 Å². The van der Waals surface area contributed by atoms with Gasteiger partial charge in [0, 0.05) is 22.1 Å². The fourth-order valence-electron chi connectivity index (χ4n) is 6.02. The van der Waals surface area contributed by atoms with Crippen molar-refractivity contribution in [3.05, 3.63) is 57.5 Å². The molecule has 226 valence electrons. The number of hydrogen-bond donors (Lipinski definition) is 0. The average Bonchev–Trinajstić information content (AvgIpc) is 3.56. The summed E-state index contributed by atoms with van der Waals surface area (Å²) < 4.78 is 43.2. The van der Waals surface area contributed by atoms with Gasteiger partial charge in [-0.3, -0.25) is 9.69 Å². The van der Waals surface area contributed by atoms with Crippen molar-refractivity contribution in [2.75, 3.05) is 6.54 Å². The molecular weight excluding hydrogens is 608 g/mol. The number of aromatic nitrogens is 4. The van der Waals surface area contributed by atoms with E-state index in [0.717, 1.165) is 17.6 Å². The zero-order valence-corrected chi connectivity index (χ0v) is 24.7. The van der Waals surface area contributed by atoms with Crippen molar-refractivity contribution in [1.29, 1.82) is 5.26 Å². The number of nitrogens with zero attached hydrogens (tertiary/aromatic N) is 6. The Balaban J connectivity index is 1.36. The molecule has 4 atom stereocenters. The Bertz CT molecular complexity index is 1650. The van der Waals surface area contributed by atoms with Crippen molar-refractivity contribution in [1.82, 2.24) is 24.6 Å². The summed E-state index contributed by atoms with van der Waals surface area (Å²) in [5, 5.41) is 15.1. The van der Waals surface area contributed by atoms with E-state index in [0.29, 0.717) is 52.7 Å². The predicted octanol–water partition coefficient (Wildman–Crippen LogP) is 6.28. The van der Waals surface area contributed by atoms with Crippen molar-refractivity contribution >= 4 is 51.9 Å². The van der Waals surface area contributed by atoms with E-state index in [2.05, 4.69) is 38.8 Å². The minimum absolute atomic E-state index is 0.0434. The smallest absolute Gasteiger partial charge is 0.386 e. The highest BCUT2D eigenvalue weighted by atomic mass is 35.5. The Hall–Kier alpha value is -3.53. The van der Waals surface area contributed by atoms with Crippen molar-refractivity contribution in [3.63, 3.8) is 0 Å². The number of hydrogen-bond acceptors (Lipinski definition) is 8. The summed E-state index contributed by atoms with van der Waals surface area (Å²) in [6, 6.07) is 6.62. The molecule has 0 bridgehead atoms. The summed E-state index contributed by atoms with van der Waals surface area (Å²) in [6.07, 6.45) is 0.862. The number of benzene rings is 1. The third-order valence-corrected chi connectivity index (χ3v) is 8.67. The number of ether oxygens (including phenoxy) is 1. The second-order valence-electron chi connectivity index (χ2n) is 10.9. The number of likely N-dealkylation sites (tertiary alicyclic amines) is 1. The largest absolute Gasteiger partial charge is 0.491 e. The maximum atomic E-state index is 12.5. The van der Waals surface area contributed by atoms with Crippen LogP contribution in [0.5, 0.6) is 0 Å². The van der Waals surface area contributed by atoms with Crippen LogP contribution in [-0.2, 0) is 14.3 Å². The van der Waals surface area contributed by atoms with Gasteiger partial charge in [-0.1, -0.05) is 42.3 Å². The Kier molecular flexibility index (Phi) is 8.79. The van der Waals surface area contributed by atoms with Gasteiger partial charge >= 0.3 is 18.1 Å². The molecule has 0 saturated carbocycles. The van der Waals surface area contributed by atoms with Gasteiger partial charge in [-0.2, -0.15) is 23.5 Å². The molecule has 1 aromatic carbocycles. The second-order valence-corrected chi connectivity index (χ2v) is 11.7. The molecule has 0 amide bonds. The lowest BCUT2D eigenvalue weighted by Gasteiger charge is -2.39. The molecule has 1 aliphatic carbocycles. The summed E-state index contributed by atoms with van der Waals surface area (Å²) in [7, 11) is 0. The summed E-state index contributed by atoms with van der Waals surface area (Å²) in [4.78, 5) is 34.7. The highest BCUT2D eigenvalue weighted by molar-refractivity contribution is 6.35. The molecule has 1 aliphatic heterocycles. The van der Waals surface area contributed by atoms with E-state index in [1.54, 1.807) is 29.1 Å². The van der Waals surface area contributed by atoms with Crippen LogP contribution in [0.2, 0.25) is 10.0 Å². The molecule has 1 fully saturated rings. The van der Waals surface area contributed by atoms with Crippen molar-refractivity contribution in [2.24, 2.45) is 5.92 Å². The second kappa shape index (κ2) is 12.2. The molecular formula is C29H27Cl2F3N6O3. The molecule has 43 heavy (non-hydrogen) atoms. The van der Waals surface area contributed by atoms with Crippen molar-refractivity contribution < 1.29 is 27.5 Å².